The van der Waals surface area contributed by atoms with Crippen molar-refractivity contribution in [2.24, 2.45) is 13.0 Å². The molecule has 1 saturated heterocycles. The summed E-state index contributed by atoms with van der Waals surface area (Å²) in [5, 5.41) is 20.2. The third-order valence-corrected chi connectivity index (χ3v) is 12.9. The topological polar surface area (TPSA) is 143 Å². The predicted octanol–water partition coefficient (Wildman–Crippen LogP) is 6.61. The Labute approximate surface area is 348 Å². The van der Waals surface area contributed by atoms with E-state index < -0.39 is 46.6 Å². The van der Waals surface area contributed by atoms with Gasteiger partial charge in [-0.2, -0.15) is 9.49 Å². The molecule has 316 valence electrons. The number of phenolic OH excluding ortho intramolecular Hbond substituents is 1. The van der Waals surface area contributed by atoms with Crippen molar-refractivity contribution in [3.63, 3.8) is 0 Å². The highest BCUT2D eigenvalue weighted by Gasteiger charge is 2.32. The van der Waals surface area contributed by atoms with E-state index in [-0.39, 0.29) is 36.5 Å². The molecule has 9 rings (SSSR count). The molecule has 0 unspecified atom stereocenters. The zero-order chi connectivity index (χ0) is 42.5. The van der Waals surface area contributed by atoms with Crippen molar-refractivity contribution in [1.29, 1.82) is 0 Å². The van der Waals surface area contributed by atoms with Gasteiger partial charge in [0.05, 0.1) is 28.2 Å². The highest BCUT2D eigenvalue weighted by atomic mass is 19.2. The van der Waals surface area contributed by atoms with Gasteiger partial charge in [-0.05, 0) is 122 Å². The Balaban J connectivity index is 0.793. The lowest BCUT2D eigenvalue weighted by molar-refractivity contribution is -0.135. The summed E-state index contributed by atoms with van der Waals surface area (Å²) in [6, 6.07) is 19.1. The van der Waals surface area contributed by atoms with Crippen LogP contribution in [0, 0.1) is 23.4 Å². The lowest BCUT2D eigenvalue weighted by Gasteiger charge is -2.29. The Morgan fingerprint density at radius 2 is 1.67 bits per heavy atom. The van der Waals surface area contributed by atoms with Crippen LogP contribution >= 0.6 is 0 Å². The van der Waals surface area contributed by atoms with Crippen molar-refractivity contribution < 1.29 is 32.7 Å². The van der Waals surface area contributed by atoms with E-state index in [1.807, 2.05) is 22.9 Å². The van der Waals surface area contributed by atoms with Gasteiger partial charge in [0, 0.05) is 44.7 Å². The van der Waals surface area contributed by atoms with Gasteiger partial charge in [-0.1, -0.05) is 30.3 Å². The van der Waals surface area contributed by atoms with E-state index in [0.29, 0.717) is 18.0 Å². The number of aromatic hydroxyl groups is 1. The molecule has 0 spiro atoms. The SMILES string of the molecule is Cn1c(=O)n([C@@H]2CCC(=O)NC2=O)c2ccc(CCCN3CCc4ccc(-c5ccc6cn(C7CCC(CNC(=O)c8cc(F)c(O)c(F)c8F)CC7)nc6c5)cc4C3)cc21. The van der Waals surface area contributed by atoms with E-state index in [0.717, 1.165) is 97.7 Å². The molecular formula is C46H46F3N7O5. The van der Waals surface area contributed by atoms with Crippen molar-refractivity contribution >= 4 is 39.7 Å². The third-order valence-electron chi connectivity index (χ3n) is 12.9. The van der Waals surface area contributed by atoms with E-state index in [1.165, 1.54) is 15.7 Å². The van der Waals surface area contributed by atoms with E-state index in [1.54, 1.807) is 11.6 Å². The summed E-state index contributed by atoms with van der Waals surface area (Å²) in [5.74, 6) is -7.76. The Morgan fingerprint density at radius 3 is 2.48 bits per heavy atom. The number of halogens is 3. The molecule has 6 aromatic rings. The molecular weight excluding hydrogens is 788 g/mol. The highest BCUT2D eigenvalue weighted by Crippen LogP contribution is 2.34. The molecule has 15 heteroatoms. The average Bonchev–Trinajstić information content (AvgIpc) is 3.80. The smallest absolute Gasteiger partial charge is 0.329 e. The number of benzene rings is 4. The molecule has 2 aliphatic heterocycles. The molecule has 61 heavy (non-hydrogen) atoms. The van der Waals surface area contributed by atoms with Gasteiger partial charge in [0.25, 0.3) is 5.91 Å². The second kappa shape index (κ2) is 16.3. The Morgan fingerprint density at radius 1 is 0.885 bits per heavy atom. The van der Waals surface area contributed by atoms with Gasteiger partial charge in [-0.25, -0.2) is 13.6 Å². The van der Waals surface area contributed by atoms with Gasteiger partial charge in [-0.3, -0.25) is 38.4 Å². The molecule has 3 aliphatic rings. The fraction of sp³-hybridized carbons (Fsp3) is 0.370. The van der Waals surface area contributed by atoms with Crippen molar-refractivity contribution in [3.8, 4) is 16.9 Å². The van der Waals surface area contributed by atoms with Gasteiger partial charge in [0.1, 0.15) is 6.04 Å². The monoisotopic (exact) mass is 833 g/mol. The Bertz CT molecular complexity index is 2790. The fourth-order valence-electron chi connectivity index (χ4n) is 9.39. The van der Waals surface area contributed by atoms with Gasteiger partial charge in [0.2, 0.25) is 17.6 Å². The Kier molecular flexibility index (Phi) is 10.8. The van der Waals surface area contributed by atoms with E-state index in [2.05, 4.69) is 58.1 Å². The summed E-state index contributed by atoms with van der Waals surface area (Å²) in [4.78, 5) is 52.5. The van der Waals surface area contributed by atoms with Crippen LogP contribution in [0.1, 0.15) is 84.1 Å². The molecule has 1 atom stereocenters. The first-order valence-electron chi connectivity index (χ1n) is 20.9. The molecule has 4 heterocycles. The Hall–Kier alpha value is -6.22. The summed E-state index contributed by atoms with van der Waals surface area (Å²) in [7, 11) is 1.72. The van der Waals surface area contributed by atoms with Gasteiger partial charge in [0.15, 0.2) is 17.4 Å². The minimum Gasteiger partial charge on any atom is -0.503 e. The molecule has 0 bridgehead atoms. The molecule has 2 aromatic heterocycles. The van der Waals surface area contributed by atoms with Crippen LogP contribution in [0.2, 0.25) is 0 Å². The van der Waals surface area contributed by atoms with Gasteiger partial charge >= 0.3 is 5.69 Å². The van der Waals surface area contributed by atoms with Crippen molar-refractivity contribution in [3.05, 3.63) is 117 Å². The zero-order valence-electron chi connectivity index (χ0n) is 33.7. The maximum atomic E-state index is 14.2. The van der Waals surface area contributed by atoms with Crippen LogP contribution in [0.5, 0.6) is 5.75 Å². The van der Waals surface area contributed by atoms with Crippen LogP contribution in [0.15, 0.2) is 71.7 Å². The minimum absolute atomic E-state index is 0.119. The molecule has 4 aromatic carbocycles. The van der Waals surface area contributed by atoms with Crippen LogP contribution < -0.4 is 16.3 Å². The molecule has 0 radical (unpaired) electrons. The van der Waals surface area contributed by atoms with Crippen LogP contribution in [0.3, 0.4) is 0 Å². The summed E-state index contributed by atoms with van der Waals surface area (Å²) in [6.45, 7) is 3.02. The number of hydrogen-bond donors (Lipinski definition) is 3. The molecule has 1 aliphatic carbocycles. The third kappa shape index (κ3) is 7.82. The van der Waals surface area contributed by atoms with Crippen molar-refractivity contribution in [1.82, 2.24) is 34.4 Å². The van der Waals surface area contributed by atoms with Crippen LogP contribution in [0.4, 0.5) is 13.2 Å². The number of hydrogen-bond acceptors (Lipinski definition) is 7. The van der Waals surface area contributed by atoms with Gasteiger partial charge < -0.3 is 10.4 Å². The summed E-state index contributed by atoms with van der Waals surface area (Å²) in [6.07, 6.45) is 8.60. The number of nitrogens with one attached hydrogen (secondary N) is 2. The highest BCUT2D eigenvalue weighted by molar-refractivity contribution is 6.00. The van der Waals surface area contributed by atoms with E-state index >= 15 is 0 Å². The molecule has 1 saturated carbocycles. The lowest BCUT2D eigenvalue weighted by atomic mass is 9.86. The second-order valence-electron chi connectivity index (χ2n) is 16.8. The first-order chi connectivity index (χ1) is 29.4. The summed E-state index contributed by atoms with van der Waals surface area (Å²) < 4.78 is 46.8. The number of phenols is 1. The predicted molar refractivity (Wildman–Crippen MR) is 222 cm³/mol. The fourth-order valence-corrected chi connectivity index (χ4v) is 9.39. The first-order valence-corrected chi connectivity index (χ1v) is 20.9. The normalized spacial score (nSPS) is 19.6. The van der Waals surface area contributed by atoms with E-state index in [9.17, 15) is 37.5 Å². The number of fused-ring (bicyclic) bond motifs is 3. The number of carbonyl (C=O) groups is 3. The summed E-state index contributed by atoms with van der Waals surface area (Å²) in [5.41, 5.74) is 7.37. The zero-order valence-corrected chi connectivity index (χ0v) is 33.7. The van der Waals surface area contributed by atoms with Crippen molar-refractivity contribution in [2.45, 2.75) is 76.4 Å². The number of aryl methyl sites for hydroxylation is 2. The second-order valence-corrected chi connectivity index (χ2v) is 16.8. The number of amides is 3. The number of imidazole rings is 1. The molecule has 2 fully saturated rings. The van der Waals surface area contributed by atoms with Crippen LogP contribution in [0.25, 0.3) is 33.1 Å². The number of aromatic nitrogens is 4. The molecule has 3 amide bonds. The minimum atomic E-state index is -1.78. The van der Waals surface area contributed by atoms with Crippen LogP contribution in [-0.2, 0) is 36.0 Å². The largest absolute Gasteiger partial charge is 0.503 e. The van der Waals surface area contributed by atoms with Crippen molar-refractivity contribution in [2.75, 3.05) is 19.6 Å². The maximum Gasteiger partial charge on any atom is 0.329 e. The van der Waals surface area contributed by atoms with Crippen LogP contribution in [-0.4, -0.2) is 66.3 Å². The average molecular weight is 834 g/mol. The molecule has 12 nitrogen and oxygen atoms in total. The van der Waals surface area contributed by atoms with E-state index in [4.69, 9.17) is 5.10 Å². The summed E-state index contributed by atoms with van der Waals surface area (Å²) >= 11 is 0. The number of carbonyl (C=O) groups excluding carboxylic acids is 3. The number of rotatable bonds is 10. The number of piperidine rings is 1. The maximum absolute atomic E-state index is 14.2. The lowest BCUT2D eigenvalue weighted by Crippen LogP contribution is -2.44. The standard InChI is InChI=1S/C46H46F3N7O5/c1-53-39-19-26(6-13-37(39)56(46(53)61)38-14-15-40(57)51-45(38)60)3-2-17-54-18-16-28-7-8-29(20-32(28)24-54)30-9-10-31-25-55(52-36(31)21-30)33-11-4-27(5-12-33)23-50-44(59)34-22-35(47)43(58)42(49)41(34)48/h6-10,13,19-22,25,27,33,38,58H,2-5,11-12,14-18,23-24H2,1H3,(H,50,59)(H,51,57,60)/t27?,33?,38-/m1/s1. The number of imide groups is 1. The molecule has 3 N–H and O–H groups in total. The first kappa shape index (κ1) is 40.2. The quantitative estimate of drug-likeness (QED) is 0.104. The van der Waals surface area contributed by atoms with Gasteiger partial charge in [-0.15, -0.1) is 0 Å². The number of nitrogens with zero attached hydrogens (tertiary/aromatic N) is 5.